The van der Waals surface area contributed by atoms with Crippen LogP contribution in [0.15, 0.2) is 158 Å². The smallest absolute Gasteiger partial charge is 0.0726 e. The molecule has 278 valence electrons. The highest BCUT2D eigenvalue weighted by Gasteiger charge is 2.53. The van der Waals surface area contributed by atoms with E-state index < -0.39 is 5.41 Å². The van der Waals surface area contributed by atoms with Gasteiger partial charge in [-0.3, -0.25) is 0 Å². The number of anilines is 3. The van der Waals surface area contributed by atoms with E-state index in [1.165, 1.54) is 72.3 Å². The summed E-state index contributed by atoms with van der Waals surface area (Å²) < 4.78 is 0. The lowest BCUT2D eigenvalue weighted by Gasteiger charge is -2.34. The van der Waals surface area contributed by atoms with Gasteiger partial charge in [-0.15, -0.1) is 0 Å². The van der Waals surface area contributed by atoms with Crippen LogP contribution >= 0.6 is 0 Å². The highest BCUT2D eigenvalue weighted by Crippen LogP contribution is 2.64. The third-order valence-corrected chi connectivity index (χ3v) is 12.3. The highest BCUT2D eigenvalue weighted by molar-refractivity contribution is 5.97. The molecule has 9 rings (SSSR count). The zero-order valence-corrected chi connectivity index (χ0v) is 34.5. The lowest BCUT2D eigenvalue weighted by Crippen LogP contribution is -2.28. The molecule has 1 heteroatoms. The molecule has 0 amide bonds. The first-order chi connectivity index (χ1) is 26.7. The molecule has 0 unspecified atom stereocenters. The largest absolute Gasteiger partial charge is 0.310 e. The molecule has 0 atom stereocenters. The van der Waals surface area contributed by atoms with Crippen LogP contribution in [0.1, 0.15) is 101 Å². The number of nitrogens with zero attached hydrogens (tertiary/aromatic N) is 1. The Labute approximate surface area is 334 Å². The summed E-state index contributed by atoms with van der Waals surface area (Å²) in [4.78, 5) is 2.44. The van der Waals surface area contributed by atoms with Crippen molar-refractivity contribution in [1.29, 1.82) is 0 Å². The standard InChI is InChI=1S/C55H53N/c1-52(2,3)38-23-27-44-45-28-24-39(53(4,5)6)33-49(45)55(48(44)32-38)50-34-40(54(7,8)9)25-29-46(50)47-30-26-43(35-51(47)55)56(41-20-14-11-15-21-41)42-22-16-19-37(31-42)36-17-12-10-13-18-36/h10-35H,1-9H3. The van der Waals surface area contributed by atoms with Crippen LogP contribution in [0.2, 0.25) is 0 Å². The van der Waals surface area contributed by atoms with Crippen molar-refractivity contribution in [3.63, 3.8) is 0 Å². The Morgan fingerprint density at radius 3 is 1.16 bits per heavy atom. The van der Waals surface area contributed by atoms with E-state index in [1.54, 1.807) is 0 Å². The van der Waals surface area contributed by atoms with Crippen LogP contribution in [0.3, 0.4) is 0 Å². The molecule has 2 aliphatic rings. The maximum absolute atomic E-state index is 2.56. The predicted octanol–water partition coefficient (Wildman–Crippen LogP) is 15.1. The number of para-hydroxylation sites is 1. The third kappa shape index (κ3) is 5.66. The van der Waals surface area contributed by atoms with Crippen molar-refractivity contribution < 1.29 is 0 Å². The first kappa shape index (κ1) is 36.0. The third-order valence-electron chi connectivity index (χ3n) is 12.3. The minimum Gasteiger partial charge on any atom is -0.310 e. The van der Waals surface area contributed by atoms with Gasteiger partial charge in [0.25, 0.3) is 0 Å². The zero-order chi connectivity index (χ0) is 39.2. The molecule has 2 aliphatic carbocycles. The van der Waals surface area contributed by atoms with Crippen LogP contribution in [0.5, 0.6) is 0 Å². The van der Waals surface area contributed by atoms with E-state index in [0.29, 0.717) is 0 Å². The van der Waals surface area contributed by atoms with Gasteiger partial charge >= 0.3 is 0 Å². The topological polar surface area (TPSA) is 3.24 Å². The van der Waals surface area contributed by atoms with Gasteiger partial charge < -0.3 is 4.90 Å². The Balaban J connectivity index is 1.38. The molecular weight excluding hydrogens is 675 g/mol. The molecular formula is C55H53N. The summed E-state index contributed by atoms with van der Waals surface area (Å²) in [6, 6.07) is 59.9. The van der Waals surface area contributed by atoms with E-state index in [1.807, 2.05) is 0 Å². The monoisotopic (exact) mass is 727 g/mol. The average Bonchev–Trinajstić information content (AvgIpc) is 3.64. The van der Waals surface area contributed by atoms with Gasteiger partial charge in [-0.2, -0.15) is 0 Å². The molecule has 56 heavy (non-hydrogen) atoms. The molecule has 7 aromatic rings. The number of hydrogen-bond donors (Lipinski definition) is 0. The first-order valence-corrected chi connectivity index (χ1v) is 20.3. The summed E-state index contributed by atoms with van der Waals surface area (Å²) in [6.07, 6.45) is 0. The van der Waals surface area contributed by atoms with Gasteiger partial charge in [0.15, 0.2) is 0 Å². The summed E-state index contributed by atoms with van der Waals surface area (Å²) in [6.45, 7) is 21.1. The SMILES string of the molecule is CC(C)(C)c1ccc2c(c1)C1(c3cc(N(c4ccccc4)c4cccc(-c5ccccc5)c4)ccc3-2)c2cc(C(C)(C)C)ccc2-c2ccc(C(C)(C)C)cc21. The Kier molecular flexibility index (Phi) is 8.16. The normalized spacial score (nSPS) is 13.9. The Hall–Kier alpha value is -5.66. The van der Waals surface area contributed by atoms with E-state index in [4.69, 9.17) is 0 Å². The van der Waals surface area contributed by atoms with E-state index in [2.05, 4.69) is 225 Å². The summed E-state index contributed by atoms with van der Waals surface area (Å²) in [5, 5.41) is 0. The van der Waals surface area contributed by atoms with Gasteiger partial charge in [-0.25, -0.2) is 0 Å². The van der Waals surface area contributed by atoms with Crippen molar-refractivity contribution >= 4 is 17.1 Å². The van der Waals surface area contributed by atoms with Gasteiger partial charge in [-0.1, -0.05) is 184 Å². The van der Waals surface area contributed by atoms with Crippen molar-refractivity contribution in [2.75, 3.05) is 4.90 Å². The molecule has 0 N–H and O–H groups in total. The fourth-order valence-electron chi connectivity index (χ4n) is 9.23. The van der Waals surface area contributed by atoms with Crippen LogP contribution in [0, 0.1) is 0 Å². The summed E-state index contributed by atoms with van der Waals surface area (Å²) >= 11 is 0. The van der Waals surface area contributed by atoms with E-state index in [0.717, 1.165) is 17.1 Å². The maximum atomic E-state index is 2.56. The molecule has 0 saturated heterocycles. The van der Waals surface area contributed by atoms with Gasteiger partial charge in [0.2, 0.25) is 0 Å². The summed E-state index contributed by atoms with van der Waals surface area (Å²) in [5.41, 5.74) is 20.3. The molecule has 0 aromatic heterocycles. The van der Waals surface area contributed by atoms with E-state index in [-0.39, 0.29) is 16.2 Å². The Morgan fingerprint density at radius 2 is 0.696 bits per heavy atom. The molecule has 1 spiro atoms. The Morgan fingerprint density at radius 1 is 0.321 bits per heavy atom. The molecule has 0 bridgehead atoms. The fourth-order valence-corrected chi connectivity index (χ4v) is 9.23. The second-order valence-corrected chi connectivity index (χ2v) is 19.1. The van der Waals surface area contributed by atoms with Crippen molar-refractivity contribution in [1.82, 2.24) is 0 Å². The number of hydrogen-bond acceptors (Lipinski definition) is 1. The van der Waals surface area contributed by atoms with Crippen molar-refractivity contribution in [2.45, 2.75) is 84.0 Å². The van der Waals surface area contributed by atoms with Crippen LogP contribution in [0.25, 0.3) is 33.4 Å². The minimum atomic E-state index is -0.497. The molecule has 0 fully saturated rings. The van der Waals surface area contributed by atoms with E-state index in [9.17, 15) is 0 Å². The molecule has 0 aliphatic heterocycles. The molecule has 0 radical (unpaired) electrons. The summed E-state index contributed by atoms with van der Waals surface area (Å²) in [7, 11) is 0. The first-order valence-electron chi connectivity index (χ1n) is 20.3. The summed E-state index contributed by atoms with van der Waals surface area (Å²) in [5.74, 6) is 0. The van der Waals surface area contributed by atoms with Crippen molar-refractivity contribution in [3.05, 3.63) is 197 Å². The number of fused-ring (bicyclic) bond motifs is 10. The quantitative estimate of drug-likeness (QED) is 0.174. The van der Waals surface area contributed by atoms with Gasteiger partial charge in [0.05, 0.1) is 5.41 Å². The molecule has 7 aromatic carbocycles. The number of benzene rings is 7. The average molecular weight is 728 g/mol. The second kappa shape index (κ2) is 12.7. The lowest BCUT2D eigenvalue weighted by atomic mass is 9.68. The molecule has 0 saturated carbocycles. The van der Waals surface area contributed by atoms with Gasteiger partial charge in [0, 0.05) is 17.1 Å². The van der Waals surface area contributed by atoms with Crippen LogP contribution in [0.4, 0.5) is 17.1 Å². The zero-order valence-electron chi connectivity index (χ0n) is 34.5. The van der Waals surface area contributed by atoms with Crippen molar-refractivity contribution in [2.24, 2.45) is 0 Å². The van der Waals surface area contributed by atoms with Gasteiger partial charge in [0.1, 0.15) is 0 Å². The van der Waals surface area contributed by atoms with Crippen LogP contribution in [-0.4, -0.2) is 0 Å². The fraction of sp³-hybridized carbons (Fsp3) is 0.236. The van der Waals surface area contributed by atoms with Crippen molar-refractivity contribution in [3.8, 4) is 33.4 Å². The minimum absolute atomic E-state index is 0.00515. The van der Waals surface area contributed by atoms with Crippen LogP contribution < -0.4 is 4.90 Å². The number of rotatable bonds is 4. The van der Waals surface area contributed by atoms with Gasteiger partial charge in [-0.05, 0) is 125 Å². The maximum Gasteiger partial charge on any atom is 0.0726 e. The molecule has 0 heterocycles. The Bertz CT molecular complexity index is 2520. The van der Waals surface area contributed by atoms with E-state index >= 15 is 0 Å². The lowest BCUT2D eigenvalue weighted by molar-refractivity contribution is 0.584. The van der Waals surface area contributed by atoms with Crippen LogP contribution in [-0.2, 0) is 21.7 Å². The second-order valence-electron chi connectivity index (χ2n) is 19.1. The highest BCUT2D eigenvalue weighted by atomic mass is 15.1. The predicted molar refractivity (Wildman–Crippen MR) is 239 cm³/mol. The molecule has 1 nitrogen and oxygen atoms in total.